The Bertz CT molecular complexity index is 2170. The molecule has 6 aromatic carbocycles. The van der Waals surface area contributed by atoms with Crippen LogP contribution in [0.25, 0.3) is 16.7 Å². The molecule has 2 aliphatic carbocycles. The smallest absolute Gasteiger partial charge is 0.0630 e. The van der Waals surface area contributed by atoms with Crippen LogP contribution >= 0.6 is 0 Å². The molecule has 0 bridgehead atoms. The molecule has 6 aromatic rings. The van der Waals surface area contributed by atoms with E-state index in [9.17, 15) is 0 Å². The monoisotopic (exact) mass is 604 g/mol. The van der Waals surface area contributed by atoms with E-state index in [1.165, 1.54) is 56.0 Å². The highest BCUT2D eigenvalue weighted by Crippen LogP contribution is 2.51. The first-order valence-corrected chi connectivity index (χ1v) is 16.6. The Morgan fingerprint density at radius 2 is 1.21 bits per heavy atom. The lowest BCUT2D eigenvalue weighted by molar-refractivity contribution is 0.660. The Hall–Kier alpha value is -5.60. The van der Waals surface area contributed by atoms with Gasteiger partial charge >= 0.3 is 0 Å². The Labute approximate surface area is 277 Å². The minimum atomic E-state index is -0.0548. The molecule has 2 heteroatoms. The minimum absolute atomic E-state index is 0.0548. The van der Waals surface area contributed by atoms with Gasteiger partial charge in [0.2, 0.25) is 0 Å². The van der Waals surface area contributed by atoms with E-state index < -0.39 is 0 Å². The van der Waals surface area contributed by atoms with Crippen LogP contribution in [0.5, 0.6) is 0 Å². The van der Waals surface area contributed by atoms with E-state index in [2.05, 4.69) is 194 Å². The van der Waals surface area contributed by atoms with Crippen molar-refractivity contribution < 1.29 is 0 Å². The van der Waals surface area contributed by atoms with Crippen molar-refractivity contribution in [1.29, 1.82) is 0 Å². The van der Waals surface area contributed by atoms with Gasteiger partial charge in [-0.2, -0.15) is 0 Å². The topological polar surface area (TPSA) is 6.48 Å². The molecule has 47 heavy (non-hydrogen) atoms. The summed E-state index contributed by atoms with van der Waals surface area (Å²) in [5, 5.41) is 0. The van der Waals surface area contributed by atoms with Crippen molar-refractivity contribution in [3.63, 3.8) is 0 Å². The Morgan fingerprint density at radius 1 is 0.574 bits per heavy atom. The van der Waals surface area contributed by atoms with Crippen LogP contribution in [0.15, 0.2) is 170 Å². The average molecular weight is 605 g/mol. The van der Waals surface area contributed by atoms with E-state index in [0.29, 0.717) is 5.92 Å². The first-order valence-electron chi connectivity index (χ1n) is 16.6. The number of hydrogen-bond acceptors (Lipinski definition) is 2. The van der Waals surface area contributed by atoms with Crippen molar-refractivity contribution in [2.24, 2.45) is 0 Å². The molecule has 0 aromatic heterocycles. The molecule has 2 atom stereocenters. The second-order valence-corrected chi connectivity index (χ2v) is 13.4. The number of allylic oxidation sites excluding steroid dienone is 2. The third kappa shape index (κ3) is 4.40. The van der Waals surface area contributed by atoms with Crippen LogP contribution in [0.1, 0.15) is 42.0 Å². The number of rotatable bonds is 5. The third-order valence-corrected chi connectivity index (χ3v) is 10.4. The fourth-order valence-corrected chi connectivity index (χ4v) is 8.09. The van der Waals surface area contributed by atoms with Crippen molar-refractivity contribution in [2.75, 3.05) is 9.80 Å². The van der Waals surface area contributed by atoms with Crippen molar-refractivity contribution in [3.05, 3.63) is 192 Å². The van der Waals surface area contributed by atoms with Crippen LogP contribution in [0.2, 0.25) is 0 Å². The zero-order chi connectivity index (χ0) is 31.5. The maximum absolute atomic E-state index is 2.49. The Morgan fingerprint density at radius 3 is 2.02 bits per heavy atom. The van der Waals surface area contributed by atoms with Gasteiger partial charge in [-0.1, -0.05) is 129 Å². The van der Waals surface area contributed by atoms with E-state index in [0.717, 1.165) is 11.4 Å². The van der Waals surface area contributed by atoms with Crippen LogP contribution < -0.4 is 9.80 Å². The number of fused-ring (bicyclic) bond motifs is 6. The molecule has 0 saturated heterocycles. The first kappa shape index (κ1) is 27.7. The molecule has 1 heterocycles. The fourth-order valence-electron chi connectivity index (χ4n) is 8.09. The summed E-state index contributed by atoms with van der Waals surface area (Å²) in [6, 6.07) is 55.6. The van der Waals surface area contributed by atoms with Crippen molar-refractivity contribution >= 4 is 34.0 Å². The molecule has 226 valence electrons. The zero-order valence-corrected chi connectivity index (χ0v) is 26.7. The molecule has 3 aliphatic rings. The van der Waals surface area contributed by atoms with Crippen molar-refractivity contribution in [1.82, 2.24) is 0 Å². The molecule has 0 radical (unpaired) electrons. The van der Waals surface area contributed by atoms with Gasteiger partial charge in [-0.15, -0.1) is 0 Å². The maximum Gasteiger partial charge on any atom is 0.0630 e. The quantitative estimate of drug-likeness (QED) is 0.193. The summed E-state index contributed by atoms with van der Waals surface area (Å²) in [5.74, 6) is 0.297. The van der Waals surface area contributed by atoms with E-state index in [4.69, 9.17) is 0 Å². The van der Waals surface area contributed by atoms with Crippen LogP contribution in [0.4, 0.5) is 28.4 Å². The zero-order valence-electron chi connectivity index (χ0n) is 26.7. The van der Waals surface area contributed by atoms with Gasteiger partial charge < -0.3 is 9.80 Å². The molecule has 0 fully saturated rings. The molecular weight excluding hydrogens is 569 g/mol. The minimum Gasteiger partial charge on any atom is -0.333 e. The molecular formula is C45H36N2. The number of benzene rings is 6. The largest absolute Gasteiger partial charge is 0.333 e. The Kier molecular flexibility index (Phi) is 6.33. The standard InChI is InChI=1S/C45H36N2/c1-45(2)41-19-11-9-17-37(41)38-27-26-36(30-42(38)45)46(33-13-5-3-6-14-33)35-24-21-31(22-25-35)32-23-28-44-40(29-32)39-18-10-12-20-43(39)47(44)34-15-7-4-8-16-34/h3-30,40,44H,1-2H3. The average Bonchev–Trinajstić information content (AvgIpc) is 3.58. The highest BCUT2D eigenvalue weighted by atomic mass is 15.2. The molecule has 0 saturated carbocycles. The van der Waals surface area contributed by atoms with Crippen LogP contribution in [-0.2, 0) is 5.41 Å². The lowest BCUT2D eigenvalue weighted by atomic mass is 9.82. The summed E-state index contributed by atoms with van der Waals surface area (Å²) in [6.07, 6.45) is 7.17. The summed E-state index contributed by atoms with van der Waals surface area (Å²) in [7, 11) is 0. The van der Waals surface area contributed by atoms with Gasteiger partial charge in [-0.3, -0.25) is 0 Å². The summed E-state index contributed by atoms with van der Waals surface area (Å²) < 4.78 is 0. The van der Waals surface area contributed by atoms with Gasteiger partial charge in [0.25, 0.3) is 0 Å². The van der Waals surface area contributed by atoms with E-state index in [1.54, 1.807) is 0 Å². The number of hydrogen-bond donors (Lipinski definition) is 0. The highest BCUT2D eigenvalue weighted by molar-refractivity contribution is 5.87. The van der Waals surface area contributed by atoms with Gasteiger partial charge in [-0.05, 0) is 93.6 Å². The van der Waals surface area contributed by atoms with Crippen LogP contribution in [0.3, 0.4) is 0 Å². The predicted octanol–water partition coefficient (Wildman–Crippen LogP) is 11.7. The summed E-state index contributed by atoms with van der Waals surface area (Å²) >= 11 is 0. The SMILES string of the molecule is CC1(C)c2ccccc2-c2ccc(N(c3ccccc3)c3ccc(C4=CC5c6ccccc6N(c6ccccc6)C5C=C4)cc3)cc21. The molecule has 0 spiro atoms. The van der Waals surface area contributed by atoms with E-state index in [1.807, 2.05) is 0 Å². The lowest BCUT2D eigenvalue weighted by Crippen LogP contribution is -2.28. The molecule has 9 rings (SSSR count). The van der Waals surface area contributed by atoms with Crippen molar-refractivity contribution in [3.8, 4) is 11.1 Å². The normalized spacial score (nSPS) is 18.2. The molecule has 0 N–H and O–H groups in total. The number of nitrogens with zero attached hydrogens (tertiary/aromatic N) is 2. The van der Waals surface area contributed by atoms with Crippen LogP contribution in [-0.4, -0.2) is 6.04 Å². The third-order valence-electron chi connectivity index (χ3n) is 10.4. The van der Waals surface area contributed by atoms with Gasteiger partial charge in [0.1, 0.15) is 0 Å². The van der Waals surface area contributed by atoms with Gasteiger partial charge in [0.15, 0.2) is 0 Å². The van der Waals surface area contributed by atoms with Crippen molar-refractivity contribution in [2.45, 2.75) is 31.2 Å². The second-order valence-electron chi connectivity index (χ2n) is 13.4. The molecule has 2 unspecified atom stereocenters. The highest BCUT2D eigenvalue weighted by Gasteiger charge is 2.38. The van der Waals surface area contributed by atoms with E-state index in [-0.39, 0.29) is 11.5 Å². The van der Waals surface area contributed by atoms with E-state index >= 15 is 0 Å². The predicted molar refractivity (Wildman–Crippen MR) is 197 cm³/mol. The second kappa shape index (κ2) is 10.7. The summed E-state index contributed by atoms with van der Waals surface area (Å²) in [4.78, 5) is 4.87. The molecule has 0 amide bonds. The maximum atomic E-state index is 2.49. The van der Waals surface area contributed by atoms with Gasteiger partial charge in [-0.25, -0.2) is 0 Å². The lowest BCUT2D eigenvalue weighted by Gasteiger charge is -2.30. The summed E-state index contributed by atoms with van der Waals surface area (Å²) in [6.45, 7) is 4.70. The van der Waals surface area contributed by atoms with Crippen LogP contribution in [0, 0.1) is 0 Å². The van der Waals surface area contributed by atoms with Gasteiger partial charge in [0, 0.05) is 39.8 Å². The van der Waals surface area contributed by atoms with Gasteiger partial charge in [0.05, 0.1) is 6.04 Å². The summed E-state index contributed by atoms with van der Waals surface area (Å²) in [5.41, 5.74) is 15.3. The molecule has 1 aliphatic heterocycles. The molecule has 2 nitrogen and oxygen atoms in total. The number of para-hydroxylation sites is 3. The Balaban J connectivity index is 1.07. The first-order chi connectivity index (χ1) is 23.1. The number of anilines is 5. The fraction of sp³-hybridized carbons (Fsp3) is 0.111.